The second-order valence-electron chi connectivity index (χ2n) is 5.96. The molecule has 0 amide bonds. The monoisotopic (exact) mass is 411 g/mol. The highest BCUT2D eigenvalue weighted by molar-refractivity contribution is 7.87. The average molecular weight is 411 g/mol. The molecule has 150 valence electrons. The number of ether oxygens (including phenoxy) is 1. The third kappa shape index (κ3) is 4.67. The predicted octanol–water partition coefficient (Wildman–Crippen LogP) is 3.31. The second kappa shape index (κ2) is 8.11. The van der Waals surface area contributed by atoms with Crippen LogP contribution < -0.4 is 4.18 Å². The zero-order valence-electron chi connectivity index (χ0n) is 14.1. The maximum atomic E-state index is 12.3. The SMILES string of the molecule is COC(=O)c1cc([N+](=O)[O-])cc2c1OS(=O)(=O)C1CCC2CC1.FC(F)F. The summed E-state index contributed by atoms with van der Waals surface area (Å²) in [6.07, 6.45) is 2.06. The topological polar surface area (TPSA) is 113 Å². The number of halogens is 3. The van der Waals surface area contributed by atoms with Gasteiger partial charge in [0.25, 0.3) is 5.69 Å². The van der Waals surface area contributed by atoms with Gasteiger partial charge in [-0.1, -0.05) is 0 Å². The lowest BCUT2D eigenvalue weighted by molar-refractivity contribution is -0.385. The van der Waals surface area contributed by atoms with Crippen LogP contribution in [0.15, 0.2) is 12.1 Å². The van der Waals surface area contributed by atoms with Crippen molar-refractivity contribution in [3.8, 4) is 5.75 Å². The number of rotatable bonds is 2. The molecule has 8 nitrogen and oxygen atoms in total. The first-order chi connectivity index (χ1) is 12.6. The van der Waals surface area contributed by atoms with E-state index in [1.54, 1.807) is 0 Å². The first kappa shape index (κ1) is 20.9. The summed E-state index contributed by atoms with van der Waals surface area (Å²) in [7, 11) is -2.76. The molecule has 27 heavy (non-hydrogen) atoms. The van der Waals surface area contributed by atoms with Crippen LogP contribution >= 0.6 is 0 Å². The molecule has 1 fully saturated rings. The highest BCUT2D eigenvalue weighted by Crippen LogP contribution is 2.46. The Kier molecular flexibility index (Phi) is 6.29. The first-order valence-corrected chi connectivity index (χ1v) is 9.30. The zero-order chi connectivity index (χ0) is 20.4. The summed E-state index contributed by atoms with van der Waals surface area (Å²) in [5, 5.41) is 10.5. The lowest BCUT2D eigenvalue weighted by atomic mass is 9.82. The molecule has 2 aliphatic heterocycles. The van der Waals surface area contributed by atoms with E-state index in [9.17, 15) is 36.5 Å². The van der Waals surface area contributed by atoms with Crippen molar-refractivity contribution in [2.75, 3.05) is 7.11 Å². The van der Waals surface area contributed by atoms with Crippen LogP contribution in [0.3, 0.4) is 0 Å². The third-order valence-corrected chi connectivity index (χ3v) is 6.13. The van der Waals surface area contributed by atoms with Crippen LogP contribution in [0, 0.1) is 10.1 Å². The molecule has 0 radical (unpaired) electrons. The number of alkyl halides is 3. The van der Waals surface area contributed by atoms with Gasteiger partial charge in [0.15, 0.2) is 5.75 Å². The number of fused-ring (bicyclic) bond motifs is 3. The van der Waals surface area contributed by atoms with E-state index in [0.717, 1.165) is 13.2 Å². The van der Waals surface area contributed by atoms with Gasteiger partial charge in [-0.15, -0.1) is 0 Å². The van der Waals surface area contributed by atoms with Gasteiger partial charge in [0, 0.05) is 17.7 Å². The van der Waals surface area contributed by atoms with Gasteiger partial charge in [-0.05, 0) is 31.6 Å². The van der Waals surface area contributed by atoms with E-state index >= 15 is 0 Å². The molecule has 0 aromatic heterocycles. The normalized spacial score (nSPS) is 22.4. The van der Waals surface area contributed by atoms with Crippen LogP contribution in [0.4, 0.5) is 18.9 Å². The summed E-state index contributed by atoms with van der Waals surface area (Å²) in [6.45, 7) is -3.67. The average Bonchev–Trinajstić information content (AvgIpc) is 2.59. The Hall–Kier alpha value is -2.37. The largest absolute Gasteiger partial charge is 0.465 e. The number of carbonyl (C=O) groups is 1. The van der Waals surface area contributed by atoms with E-state index < -0.39 is 32.9 Å². The van der Waals surface area contributed by atoms with Crippen LogP contribution in [-0.4, -0.2) is 38.3 Å². The Balaban J connectivity index is 0.000000596. The van der Waals surface area contributed by atoms with Gasteiger partial charge in [-0.2, -0.15) is 21.6 Å². The number of hydrogen-bond donors (Lipinski definition) is 0. The zero-order valence-corrected chi connectivity index (χ0v) is 14.9. The molecule has 2 bridgehead atoms. The molecule has 4 rings (SSSR count). The maximum absolute atomic E-state index is 12.3. The maximum Gasteiger partial charge on any atom is 0.379 e. The summed E-state index contributed by atoms with van der Waals surface area (Å²) < 4.78 is 63.5. The molecule has 1 saturated carbocycles. The molecule has 2 heterocycles. The molecule has 1 aromatic rings. The number of nitro benzene ring substituents is 1. The fourth-order valence-corrected chi connectivity index (χ4v) is 4.65. The van der Waals surface area contributed by atoms with Gasteiger partial charge in [0.2, 0.25) is 0 Å². The van der Waals surface area contributed by atoms with Crippen molar-refractivity contribution in [3.63, 3.8) is 0 Å². The fraction of sp³-hybridized carbons (Fsp3) is 0.533. The lowest BCUT2D eigenvalue weighted by Crippen LogP contribution is -2.33. The predicted molar refractivity (Wildman–Crippen MR) is 86.1 cm³/mol. The molecule has 0 saturated heterocycles. The Morgan fingerprint density at radius 2 is 1.81 bits per heavy atom. The van der Waals surface area contributed by atoms with Gasteiger partial charge in [-0.3, -0.25) is 10.1 Å². The minimum absolute atomic E-state index is 0.0694. The molecular formula is C15H16F3NO7S. The van der Waals surface area contributed by atoms with E-state index in [1.807, 2.05) is 0 Å². The standard InChI is InChI=1S/C14H15NO7S.CHF3/c1-21-14(16)12-7-9(15(17)18)6-11-8-2-4-10(5-3-8)23(19,20)22-13(11)12;2-1(3)4/h6-8,10H,2-5H2,1H3;1H. The van der Waals surface area contributed by atoms with Crippen LogP contribution in [0.5, 0.6) is 5.75 Å². The summed E-state index contributed by atoms with van der Waals surface area (Å²) in [5.74, 6) is -1.06. The quantitative estimate of drug-likeness (QED) is 0.317. The van der Waals surface area contributed by atoms with Crippen molar-refractivity contribution in [3.05, 3.63) is 33.4 Å². The molecule has 1 aliphatic carbocycles. The molecule has 1 aromatic carbocycles. The Bertz CT molecular complexity index is 833. The van der Waals surface area contributed by atoms with Crippen LogP contribution in [0.1, 0.15) is 47.5 Å². The summed E-state index contributed by atoms with van der Waals surface area (Å²) in [4.78, 5) is 22.5. The number of non-ortho nitro benzene ring substituents is 1. The Labute approximate surface area is 152 Å². The molecule has 12 heteroatoms. The summed E-state index contributed by atoms with van der Waals surface area (Å²) in [6, 6.07) is 2.29. The summed E-state index contributed by atoms with van der Waals surface area (Å²) in [5.41, 5.74) is -0.123. The lowest BCUT2D eigenvalue weighted by Gasteiger charge is -2.33. The summed E-state index contributed by atoms with van der Waals surface area (Å²) >= 11 is 0. The van der Waals surface area contributed by atoms with Crippen molar-refractivity contribution < 1.29 is 40.2 Å². The smallest absolute Gasteiger partial charge is 0.379 e. The molecule has 0 spiro atoms. The number of nitrogens with zero attached hydrogens (tertiary/aromatic N) is 1. The number of methoxy groups -OCH3 is 1. The van der Waals surface area contributed by atoms with Gasteiger partial charge in [0.1, 0.15) is 5.56 Å². The first-order valence-electron chi connectivity index (χ1n) is 7.83. The van der Waals surface area contributed by atoms with Crippen molar-refractivity contribution in [1.29, 1.82) is 0 Å². The van der Waals surface area contributed by atoms with Crippen LogP contribution in [-0.2, 0) is 14.9 Å². The Morgan fingerprint density at radius 1 is 1.26 bits per heavy atom. The van der Waals surface area contributed by atoms with Gasteiger partial charge < -0.3 is 8.92 Å². The van der Waals surface area contributed by atoms with E-state index in [2.05, 4.69) is 4.74 Å². The van der Waals surface area contributed by atoms with E-state index in [-0.39, 0.29) is 22.9 Å². The molecular weight excluding hydrogens is 395 g/mol. The van der Waals surface area contributed by atoms with Crippen molar-refractivity contribution in [2.24, 2.45) is 0 Å². The number of benzene rings is 1. The van der Waals surface area contributed by atoms with Gasteiger partial charge in [-0.25, -0.2) is 4.79 Å². The second-order valence-corrected chi connectivity index (χ2v) is 7.78. The van der Waals surface area contributed by atoms with E-state index in [0.29, 0.717) is 31.2 Å². The van der Waals surface area contributed by atoms with E-state index in [1.165, 1.54) is 6.07 Å². The van der Waals surface area contributed by atoms with Crippen LogP contribution in [0.2, 0.25) is 0 Å². The fourth-order valence-electron chi connectivity index (χ4n) is 3.25. The van der Waals surface area contributed by atoms with Crippen molar-refractivity contribution >= 4 is 21.8 Å². The number of carbonyl (C=O) groups excluding carboxylic acids is 1. The minimum Gasteiger partial charge on any atom is -0.465 e. The van der Waals surface area contributed by atoms with E-state index in [4.69, 9.17) is 4.18 Å². The highest BCUT2D eigenvalue weighted by atomic mass is 32.2. The molecule has 0 N–H and O–H groups in total. The number of nitro groups is 1. The molecule has 0 unspecified atom stereocenters. The van der Waals surface area contributed by atoms with Gasteiger partial charge in [0.05, 0.1) is 17.3 Å². The van der Waals surface area contributed by atoms with Crippen LogP contribution in [0.25, 0.3) is 0 Å². The minimum atomic E-state index is -3.88. The highest BCUT2D eigenvalue weighted by Gasteiger charge is 2.40. The Morgan fingerprint density at radius 3 is 2.30 bits per heavy atom. The number of esters is 1. The molecule has 3 aliphatic rings. The third-order valence-electron chi connectivity index (χ3n) is 4.44. The molecule has 0 atom stereocenters. The van der Waals surface area contributed by atoms with Crippen molar-refractivity contribution in [1.82, 2.24) is 0 Å². The van der Waals surface area contributed by atoms with Gasteiger partial charge >= 0.3 is 22.8 Å². The number of hydrogen-bond acceptors (Lipinski definition) is 7. The van der Waals surface area contributed by atoms with Crippen molar-refractivity contribution in [2.45, 2.75) is 43.5 Å².